The summed E-state index contributed by atoms with van der Waals surface area (Å²) >= 11 is 7.33. The SMILES string of the molecule is CCOC(=O)N1SC(C(=O)Cc2ccc(Oc3ccc(C#N)cc3)cc2)=C(Cl)C1C. The lowest BCUT2D eigenvalue weighted by Crippen LogP contribution is -2.30. The average molecular weight is 443 g/mol. The number of benzene rings is 2. The zero-order valence-electron chi connectivity index (χ0n) is 16.4. The number of carbonyl (C=O) groups excluding carboxylic acids is 2. The molecule has 8 heteroatoms. The van der Waals surface area contributed by atoms with E-state index in [1.165, 1.54) is 4.31 Å². The van der Waals surface area contributed by atoms with Crippen molar-refractivity contribution in [2.75, 3.05) is 6.61 Å². The highest BCUT2D eigenvalue weighted by Crippen LogP contribution is 2.41. The van der Waals surface area contributed by atoms with Crippen molar-refractivity contribution >= 4 is 35.4 Å². The van der Waals surface area contributed by atoms with Gasteiger partial charge in [0.2, 0.25) is 0 Å². The third-order valence-corrected chi connectivity index (χ3v) is 6.24. The number of amides is 1. The summed E-state index contributed by atoms with van der Waals surface area (Å²) in [4.78, 5) is 25.1. The predicted molar refractivity (Wildman–Crippen MR) is 115 cm³/mol. The normalized spacial score (nSPS) is 15.7. The summed E-state index contributed by atoms with van der Waals surface area (Å²) in [6, 6.07) is 15.6. The van der Waals surface area contributed by atoms with Crippen molar-refractivity contribution in [1.82, 2.24) is 4.31 Å². The zero-order valence-corrected chi connectivity index (χ0v) is 18.0. The van der Waals surface area contributed by atoms with Crippen LogP contribution in [0.15, 0.2) is 58.5 Å². The maximum atomic E-state index is 12.7. The molecule has 0 saturated heterocycles. The molecule has 0 aliphatic carbocycles. The standard InChI is InChI=1S/C22H19ClN2O4S/c1-3-28-22(27)25-14(2)20(23)21(30-25)19(26)12-15-4-8-17(9-5-15)29-18-10-6-16(13-24)7-11-18/h4-11,14H,3,12H2,1-2H3. The van der Waals surface area contributed by atoms with Crippen molar-refractivity contribution in [1.29, 1.82) is 5.26 Å². The van der Waals surface area contributed by atoms with Gasteiger partial charge in [0.25, 0.3) is 0 Å². The highest BCUT2D eigenvalue weighted by Gasteiger charge is 2.37. The highest BCUT2D eigenvalue weighted by molar-refractivity contribution is 8.02. The summed E-state index contributed by atoms with van der Waals surface area (Å²) < 4.78 is 12.1. The van der Waals surface area contributed by atoms with Crippen LogP contribution in [0.4, 0.5) is 4.79 Å². The number of nitriles is 1. The van der Waals surface area contributed by atoms with E-state index in [-0.39, 0.29) is 18.8 Å². The molecule has 1 aliphatic heterocycles. The van der Waals surface area contributed by atoms with Crippen LogP contribution in [0.5, 0.6) is 11.5 Å². The lowest BCUT2D eigenvalue weighted by molar-refractivity contribution is -0.114. The number of nitrogens with zero attached hydrogens (tertiary/aromatic N) is 2. The minimum Gasteiger partial charge on any atom is -0.457 e. The molecular weight excluding hydrogens is 424 g/mol. The van der Waals surface area contributed by atoms with E-state index in [0.717, 1.165) is 17.5 Å². The molecule has 2 aromatic rings. The van der Waals surface area contributed by atoms with Gasteiger partial charge in [0.15, 0.2) is 5.78 Å². The van der Waals surface area contributed by atoms with Crippen LogP contribution >= 0.6 is 23.5 Å². The fourth-order valence-electron chi connectivity index (χ4n) is 2.75. The van der Waals surface area contributed by atoms with Gasteiger partial charge in [0.1, 0.15) is 11.5 Å². The minimum absolute atomic E-state index is 0.152. The number of carbonyl (C=O) groups is 2. The van der Waals surface area contributed by atoms with Crippen molar-refractivity contribution in [3.8, 4) is 17.6 Å². The van der Waals surface area contributed by atoms with Gasteiger partial charge in [0.05, 0.1) is 34.2 Å². The average Bonchev–Trinajstić information content (AvgIpc) is 3.05. The number of hydrogen-bond donors (Lipinski definition) is 0. The second-order valence-corrected chi connectivity index (χ2v) is 7.84. The summed E-state index contributed by atoms with van der Waals surface area (Å²) in [6.07, 6.45) is -0.362. The zero-order chi connectivity index (χ0) is 21.7. The monoisotopic (exact) mass is 442 g/mol. The molecule has 0 fully saturated rings. The Hall–Kier alpha value is -2.95. The van der Waals surface area contributed by atoms with Crippen LogP contribution in [-0.4, -0.2) is 28.8 Å². The third-order valence-electron chi connectivity index (χ3n) is 4.33. The summed E-state index contributed by atoms with van der Waals surface area (Å²) in [6.45, 7) is 3.72. The highest BCUT2D eigenvalue weighted by atomic mass is 35.5. The number of halogens is 1. The number of ether oxygens (including phenoxy) is 2. The molecule has 0 aromatic heterocycles. The molecule has 0 saturated carbocycles. The van der Waals surface area contributed by atoms with E-state index in [4.69, 9.17) is 26.3 Å². The lowest BCUT2D eigenvalue weighted by Gasteiger charge is -2.19. The molecule has 0 spiro atoms. The Labute approximate surface area is 184 Å². The van der Waals surface area contributed by atoms with Crippen molar-refractivity contribution in [3.63, 3.8) is 0 Å². The third kappa shape index (κ3) is 4.96. The van der Waals surface area contributed by atoms with Gasteiger partial charge in [-0.15, -0.1) is 0 Å². The first-order chi connectivity index (χ1) is 14.4. The van der Waals surface area contributed by atoms with Crippen LogP contribution in [0.2, 0.25) is 0 Å². The van der Waals surface area contributed by atoms with Gasteiger partial charge < -0.3 is 9.47 Å². The van der Waals surface area contributed by atoms with E-state index in [1.54, 1.807) is 62.4 Å². The fourth-order valence-corrected chi connectivity index (χ4v) is 4.14. The molecule has 2 aromatic carbocycles. The van der Waals surface area contributed by atoms with Crippen molar-refractivity contribution in [2.45, 2.75) is 26.3 Å². The van der Waals surface area contributed by atoms with Gasteiger partial charge in [-0.1, -0.05) is 23.7 Å². The molecule has 6 nitrogen and oxygen atoms in total. The van der Waals surface area contributed by atoms with Gasteiger partial charge in [-0.25, -0.2) is 9.10 Å². The Morgan fingerprint density at radius 3 is 2.30 bits per heavy atom. The Morgan fingerprint density at radius 2 is 1.73 bits per heavy atom. The summed E-state index contributed by atoms with van der Waals surface area (Å²) in [5.74, 6) is 1.07. The molecule has 1 aliphatic rings. The smallest absolute Gasteiger partial charge is 0.420 e. The second-order valence-electron chi connectivity index (χ2n) is 6.45. The van der Waals surface area contributed by atoms with Crippen molar-refractivity contribution < 1.29 is 19.1 Å². The summed E-state index contributed by atoms with van der Waals surface area (Å²) in [5.41, 5.74) is 1.36. The van der Waals surface area contributed by atoms with Crippen LogP contribution in [0.25, 0.3) is 0 Å². The van der Waals surface area contributed by atoms with Gasteiger partial charge >= 0.3 is 6.09 Å². The van der Waals surface area contributed by atoms with E-state index in [0.29, 0.717) is 27.0 Å². The largest absolute Gasteiger partial charge is 0.457 e. The van der Waals surface area contributed by atoms with Gasteiger partial charge in [-0.05, 0) is 67.8 Å². The van der Waals surface area contributed by atoms with E-state index in [1.807, 2.05) is 0 Å². The Kier molecular flexibility index (Phi) is 7.03. The van der Waals surface area contributed by atoms with E-state index >= 15 is 0 Å². The molecule has 1 atom stereocenters. The summed E-state index contributed by atoms with van der Waals surface area (Å²) in [5, 5.41) is 9.19. The number of hydrogen-bond acceptors (Lipinski definition) is 6. The van der Waals surface area contributed by atoms with Crippen LogP contribution in [0.1, 0.15) is 25.0 Å². The van der Waals surface area contributed by atoms with Gasteiger partial charge in [-0.2, -0.15) is 5.26 Å². The first-order valence-electron chi connectivity index (χ1n) is 9.26. The Morgan fingerprint density at radius 1 is 1.13 bits per heavy atom. The Bertz CT molecular complexity index is 1010. The molecular formula is C22H19ClN2O4S. The van der Waals surface area contributed by atoms with Gasteiger partial charge in [-0.3, -0.25) is 4.79 Å². The molecule has 1 heterocycles. The van der Waals surface area contributed by atoms with Crippen LogP contribution in [0.3, 0.4) is 0 Å². The van der Waals surface area contributed by atoms with E-state index < -0.39 is 12.1 Å². The molecule has 1 amide bonds. The minimum atomic E-state index is -0.514. The maximum Gasteiger partial charge on any atom is 0.420 e. The molecule has 154 valence electrons. The van der Waals surface area contributed by atoms with Crippen molar-refractivity contribution in [2.24, 2.45) is 0 Å². The van der Waals surface area contributed by atoms with Gasteiger partial charge in [0, 0.05) is 6.42 Å². The number of rotatable bonds is 6. The number of Topliss-reactive ketones (excluding diaryl/α,β-unsaturated/α-hetero) is 1. The molecule has 1 unspecified atom stereocenters. The van der Waals surface area contributed by atoms with E-state index in [9.17, 15) is 9.59 Å². The fraction of sp³-hybridized carbons (Fsp3) is 0.227. The molecule has 30 heavy (non-hydrogen) atoms. The molecule has 0 radical (unpaired) electrons. The second kappa shape index (κ2) is 9.70. The van der Waals surface area contributed by atoms with Crippen LogP contribution < -0.4 is 4.74 Å². The Balaban J connectivity index is 1.63. The predicted octanol–water partition coefficient (Wildman–Crippen LogP) is 5.42. The summed E-state index contributed by atoms with van der Waals surface area (Å²) in [7, 11) is 0. The maximum absolute atomic E-state index is 12.7. The van der Waals surface area contributed by atoms with Crippen LogP contribution in [-0.2, 0) is 16.0 Å². The number of allylic oxidation sites excluding steroid dienone is 1. The van der Waals surface area contributed by atoms with E-state index in [2.05, 4.69) is 6.07 Å². The lowest BCUT2D eigenvalue weighted by atomic mass is 10.1. The molecule has 3 rings (SSSR count). The molecule has 0 bridgehead atoms. The first-order valence-corrected chi connectivity index (χ1v) is 10.4. The van der Waals surface area contributed by atoms with Crippen LogP contribution in [0, 0.1) is 11.3 Å². The first kappa shape index (κ1) is 21.8. The number of ketones is 1. The topological polar surface area (TPSA) is 79.6 Å². The van der Waals surface area contributed by atoms with Crippen molar-refractivity contribution in [3.05, 3.63) is 69.6 Å². The quantitative estimate of drug-likeness (QED) is 0.555. The molecule has 0 N–H and O–H groups in total.